The number of morpholine rings is 1. The molecule has 2 fully saturated rings. The van der Waals surface area contributed by atoms with Gasteiger partial charge in [0.25, 0.3) is 0 Å². The highest BCUT2D eigenvalue weighted by molar-refractivity contribution is 5.46. The average Bonchev–Trinajstić information content (AvgIpc) is 2.46. The minimum Gasteiger partial charge on any atom is -0.378 e. The van der Waals surface area contributed by atoms with Gasteiger partial charge in [0.05, 0.1) is 13.2 Å². The van der Waals surface area contributed by atoms with Crippen molar-refractivity contribution in [1.82, 2.24) is 9.97 Å². The first kappa shape index (κ1) is 14.6. The summed E-state index contributed by atoms with van der Waals surface area (Å²) in [5.74, 6) is 3.37. The number of aromatic nitrogens is 2. The molecule has 0 bridgehead atoms. The van der Waals surface area contributed by atoms with Crippen LogP contribution in [0.4, 0.5) is 11.8 Å². The van der Waals surface area contributed by atoms with E-state index in [2.05, 4.69) is 41.6 Å². The first-order chi connectivity index (χ1) is 10.1. The van der Waals surface area contributed by atoms with Crippen LogP contribution in [-0.4, -0.2) is 49.4 Å². The monoisotopic (exact) mass is 290 g/mol. The molecule has 0 spiro atoms. The number of ether oxygens (including phenoxy) is 1. The van der Waals surface area contributed by atoms with Crippen molar-refractivity contribution in [2.45, 2.75) is 27.2 Å². The summed E-state index contributed by atoms with van der Waals surface area (Å²) in [4.78, 5) is 14.2. The zero-order chi connectivity index (χ0) is 14.8. The Morgan fingerprint density at radius 2 is 1.71 bits per heavy atom. The summed E-state index contributed by atoms with van der Waals surface area (Å²) in [6.45, 7) is 12.2. The maximum atomic E-state index is 5.43. The predicted molar refractivity (Wildman–Crippen MR) is 85.0 cm³/mol. The summed E-state index contributed by atoms with van der Waals surface area (Å²) in [6, 6.07) is 2.09. The van der Waals surface area contributed by atoms with Gasteiger partial charge in [-0.25, -0.2) is 4.98 Å². The van der Waals surface area contributed by atoms with Crippen LogP contribution in [0.25, 0.3) is 0 Å². The normalized spacial score (nSPS) is 27.0. The molecule has 0 radical (unpaired) electrons. The standard InChI is InChI=1S/C16H26N4O/c1-12-8-13(2)11-20(10-12)16-17-14(3)9-15(18-16)19-4-6-21-7-5-19/h9,12-13H,4-8,10-11H2,1-3H3/t12-,13-/m0/s1. The van der Waals surface area contributed by atoms with Gasteiger partial charge in [-0.1, -0.05) is 13.8 Å². The Labute approximate surface area is 127 Å². The number of hydrogen-bond acceptors (Lipinski definition) is 5. The van der Waals surface area contributed by atoms with Crippen LogP contribution in [-0.2, 0) is 4.74 Å². The molecule has 3 heterocycles. The summed E-state index contributed by atoms with van der Waals surface area (Å²) in [6.07, 6.45) is 1.30. The molecule has 0 unspecified atom stereocenters. The molecule has 3 rings (SSSR count). The molecule has 116 valence electrons. The molecule has 2 atom stereocenters. The van der Waals surface area contributed by atoms with Crippen LogP contribution >= 0.6 is 0 Å². The van der Waals surface area contributed by atoms with Crippen molar-refractivity contribution in [1.29, 1.82) is 0 Å². The van der Waals surface area contributed by atoms with Crippen molar-refractivity contribution in [3.8, 4) is 0 Å². The maximum absolute atomic E-state index is 5.43. The Bertz CT molecular complexity index is 477. The van der Waals surface area contributed by atoms with E-state index in [0.717, 1.165) is 56.9 Å². The van der Waals surface area contributed by atoms with Crippen LogP contribution in [0.2, 0.25) is 0 Å². The molecular formula is C16H26N4O. The first-order valence-electron chi connectivity index (χ1n) is 8.05. The zero-order valence-corrected chi connectivity index (χ0v) is 13.4. The lowest BCUT2D eigenvalue weighted by Gasteiger charge is -2.36. The van der Waals surface area contributed by atoms with E-state index in [9.17, 15) is 0 Å². The number of anilines is 2. The van der Waals surface area contributed by atoms with E-state index in [1.807, 2.05) is 0 Å². The highest BCUT2D eigenvalue weighted by Crippen LogP contribution is 2.26. The van der Waals surface area contributed by atoms with Crippen molar-refractivity contribution < 1.29 is 4.74 Å². The van der Waals surface area contributed by atoms with Crippen LogP contribution in [0.15, 0.2) is 6.07 Å². The molecule has 0 N–H and O–H groups in total. The number of nitrogens with zero attached hydrogens (tertiary/aromatic N) is 4. The van der Waals surface area contributed by atoms with Gasteiger partial charge in [0.2, 0.25) is 5.95 Å². The van der Waals surface area contributed by atoms with Gasteiger partial charge in [-0.05, 0) is 25.2 Å². The van der Waals surface area contributed by atoms with Crippen molar-refractivity contribution in [2.75, 3.05) is 49.2 Å². The van der Waals surface area contributed by atoms with Gasteiger partial charge in [-0.2, -0.15) is 4.98 Å². The summed E-state index contributed by atoms with van der Waals surface area (Å²) in [5, 5.41) is 0. The number of hydrogen-bond donors (Lipinski definition) is 0. The molecule has 2 aliphatic heterocycles. The Hall–Kier alpha value is -1.36. The van der Waals surface area contributed by atoms with Gasteiger partial charge in [-0.15, -0.1) is 0 Å². The number of rotatable bonds is 2. The number of piperidine rings is 1. The molecule has 2 saturated heterocycles. The minimum absolute atomic E-state index is 0.713. The van der Waals surface area contributed by atoms with E-state index in [-0.39, 0.29) is 0 Å². The van der Waals surface area contributed by atoms with Crippen LogP contribution in [0.1, 0.15) is 26.0 Å². The van der Waals surface area contributed by atoms with E-state index in [0.29, 0.717) is 11.8 Å². The fraction of sp³-hybridized carbons (Fsp3) is 0.750. The Balaban J connectivity index is 1.83. The van der Waals surface area contributed by atoms with E-state index < -0.39 is 0 Å². The summed E-state index contributed by atoms with van der Waals surface area (Å²) in [5.41, 5.74) is 1.05. The molecule has 0 saturated carbocycles. The van der Waals surface area contributed by atoms with Gasteiger partial charge >= 0.3 is 0 Å². The predicted octanol–water partition coefficient (Wildman–Crippen LogP) is 2.10. The lowest BCUT2D eigenvalue weighted by atomic mass is 9.92. The Kier molecular flexibility index (Phi) is 4.29. The SMILES string of the molecule is Cc1cc(N2CCOCC2)nc(N2C[C@@H](C)C[C@H](C)C2)n1. The van der Waals surface area contributed by atoms with Crippen LogP contribution in [0.5, 0.6) is 0 Å². The van der Waals surface area contributed by atoms with Crippen molar-refractivity contribution in [2.24, 2.45) is 11.8 Å². The second-order valence-corrected chi connectivity index (χ2v) is 6.62. The number of aryl methyl sites for hydroxylation is 1. The third kappa shape index (κ3) is 3.46. The van der Waals surface area contributed by atoms with Crippen molar-refractivity contribution >= 4 is 11.8 Å². The van der Waals surface area contributed by atoms with E-state index in [1.54, 1.807) is 0 Å². The third-order valence-corrected chi connectivity index (χ3v) is 4.32. The first-order valence-corrected chi connectivity index (χ1v) is 8.05. The van der Waals surface area contributed by atoms with E-state index in [1.165, 1.54) is 6.42 Å². The second kappa shape index (κ2) is 6.18. The molecule has 5 heteroatoms. The molecular weight excluding hydrogens is 264 g/mol. The summed E-state index contributed by atoms with van der Waals surface area (Å²) in [7, 11) is 0. The lowest BCUT2D eigenvalue weighted by Crippen LogP contribution is -2.41. The topological polar surface area (TPSA) is 41.5 Å². The fourth-order valence-electron chi connectivity index (χ4n) is 3.46. The van der Waals surface area contributed by atoms with Crippen molar-refractivity contribution in [3.63, 3.8) is 0 Å². The lowest BCUT2D eigenvalue weighted by molar-refractivity contribution is 0.122. The van der Waals surface area contributed by atoms with Crippen LogP contribution in [0, 0.1) is 18.8 Å². The van der Waals surface area contributed by atoms with Gasteiger partial charge in [0.1, 0.15) is 5.82 Å². The van der Waals surface area contributed by atoms with E-state index in [4.69, 9.17) is 9.72 Å². The quantitative estimate of drug-likeness (QED) is 0.834. The molecule has 2 aliphatic rings. The van der Waals surface area contributed by atoms with Gasteiger partial charge < -0.3 is 14.5 Å². The minimum atomic E-state index is 0.713. The third-order valence-electron chi connectivity index (χ3n) is 4.32. The smallest absolute Gasteiger partial charge is 0.227 e. The highest BCUT2D eigenvalue weighted by Gasteiger charge is 2.24. The summed E-state index contributed by atoms with van der Waals surface area (Å²) < 4.78 is 5.43. The molecule has 21 heavy (non-hydrogen) atoms. The molecule has 0 amide bonds. The van der Waals surface area contributed by atoms with Gasteiger partial charge in [0, 0.05) is 37.9 Å². The molecule has 0 aromatic carbocycles. The Morgan fingerprint density at radius 3 is 2.38 bits per heavy atom. The Morgan fingerprint density at radius 1 is 1.05 bits per heavy atom. The average molecular weight is 290 g/mol. The molecule has 1 aromatic rings. The summed E-state index contributed by atoms with van der Waals surface area (Å²) >= 11 is 0. The van der Waals surface area contributed by atoms with Crippen LogP contribution < -0.4 is 9.80 Å². The van der Waals surface area contributed by atoms with Crippen molar-refractivity contribution in [3.05, 3.63) is 11.8 Å². The largest absolute Gasteiger partial charge is 0.378 e. The molecule has 5 nitrogen and oxygen atoms in total. The molecule has 0 aliphatic carbocycles. The van der Waals surface area contributed by atoms with Gasteiger partial charge in [-0.3, -0.25) is 0 Å². The van der Waals surface area contributed by atoms with E-state index >= 15 is 0 Å². The maximum Gasteiger partial charge on any atom is 0.227 e. The zero-order valence-electron chi connectivity index (χ0n) is 13.4. The highest BCUT2D eigenvalue weighted by atomic mass is 16.5. The molecule has 1 aromatic heterocycles. The van der Waals surface area contributed by atoms with Gasteiger partial charge in [0.15, 0.2) is 0 Å². The fourth-order valence-corrected chi connectivity index (χ4v) is 3.46. The second-order valence-electron chi connectivity index (χ2n) is 6.62. The van der Waals surface area contributed by atoms with Crippen LogP contribution in [0.3, 0.4) is 0 Å².